The monoisotopic (exact) mass is 285 g/mol. The minimum absolute atomic E-state index is 0.0195. The molecule has 0 saturated heterocycles. The Bertz CT molecular complexity index is 626. The highest BCUT2D eigenvalue weighted by molar-refractivity contribution is 7.96. The van der Waals surface area contributed by atoms with Gasteiger partial charge in [-0.15, -0.1) is 12.6 Å². The predicted molar refractivity (Wildman–Crippen MR) is 83.6 cm³/mol. The number of nitrogens with zero attached hydrogens (tertiary/aromatic N) is 2. The zero-order chi connectivity index (χ0) is 14.4. The van der Waals surface area contributed by atoms with Crippen molar-refractivity contribution in [3.8, 4) is 0 Å². The van der Waals surface area contributed by atoms with E-state index in [0.717, 1.165) is 5.56 Å². The van der Waals surface area contributed by atoms with Gasteiger partial charge in [0, 0.05) is 24.5 Å². The van der Waals surface area contributed by atoms with Crippen LogP contribution in [0.25, 0.3) is 0 Å². The molecular formula is C15H15N3OS. The van der Waals surface area contributed by atoms with Crippen LogP contribution in [0.4, 0.5) is 5.69 Å². The van der Waals surface area contributed by atoms with Crippen LogP contribution < -0.4 is 5.32 Å². The van der Waals surface area contributed by atoms with E-state index < -0.39 is 0 Å². The van der Waals surface area contributed by atoms with Gasteiger partial charge in [-0.3, -0.25) is 9.78 Å². The Hall–Kier alpha value is -2.14. The van der Waals surface area contributed by atoms with Crippen molar-refractivity contribution in [3.63, 3.8) is 0 Å². The van der Waals surface area contributed by atoms with Gasteiger partial charge >= 0.3 is 0 Å². The summed E-state index contributed by atoms with van der Waals surface area (Å²) < 4.78 is 0. The van der Waals surface area contributed by atoms with Gasteiger partial charge in [0.2, 0.25) is 0 Å². The number of benzene rings is 1. The molecule has 5 heteroatoms. The number of ketones is 1. The number of Topliss-reactive ketones (excluding diaryl/α,β-unsaturated/α-hetero) is 1. The zero-order valence-corrected chi connectivity index (χ0v) is 12.0. The lowest BCUT2D eigenvalue weighted by molar-refractivity contribution is 0.101. The molecule has 0 bridgehead atoms. The van der Waals surface area contributed by atoms with Crippen molar-refractivity contribution < 1.29 is 4.79 Å². The Morgan fingerprint density at radius 1 is 1.35 bits per heavy atom. The summed E-state index contributed by atoms with van der Waals surface area (Å²) in [6, 6.07) is 11.0. The Balaban J connectivity index is 2.03. The fourth-order valence-corrected chi connectivity index (χ4v) is 1.83. The highest BCUT2D eigenvalue weighted by Crippen LogP contribution is 2.15. The van der Waals surface area contributed by atoms with Gasteiger partial charge in [-0.25, -0.2) is 4.99 Å². The van der Waals surface area contributed by atoms with Crippen LogP contribution in [0.15, 0.2) is 53.8 Å². The first-order valence-corrected chi connectivity index (χ1v) is 6.61. The molecule has 2 aromatic rings. The lowest BCUT2D eigenvalue weighted by Gasteiger charge is -2.05. The second-order valence-corrected chi connectivity index (χ2v) is 4.68. The molecule has 1 aromatic carbocycles. The molecule has 0 saturated carbocycles. The molecule has 0 amide bonds. The molecule has 102 valence electrons. The summed E-state index contributed by atoms with van der Waals surface area (Å²) in [5.41, 5.74) is 2.38. The molecule has 0 unspecified atom stereocenters. The number of nitrogens with one attached hydrogen (secondary N) is 1. The summed E-state index contributed by atoms with van der Waals surface area (Å²) in [6.07, 6.45) is 3.51. The first kappa shape index (κ1) is 14.3. The maximum Gasteiger partial charge on any atom is 0.159 e. The number of hydrogen-bond acceptors (Lipinski definition) is 3. The third-order valence-corrected chi connectivity index (χ3v) is 2.92. The van der Waals surface area contributed by atoms with Crippen molar-refractivity contribution in [3.05, 3.63) is 59.9 Å². The SMILES string of the molecule is CC(=O)c1cccc(/N=C(\S)NCc2cccnc2)c1. The van der Waals surface area contributed by atoms with Crippen LogP contribution in [0.1, 0.15) is 22.8 Å². The molecular weight excluding hydrogens is 270 g/mol. The van der Waals surface area contributed by atoms with Crippen LogP contribution in [-0.2, 0) is 6.54 Å². The van der Waals surface area contributed by atoms with E-state index >= 15 is 0 Å². The van der Waals surface area contributed by atoms with E-state index in [1.807, 2.05) is 18.2 Å². The van der Waals surface area contributed by atoms with E-state index in [-0.39, 0.29) is 5.78 Å². The zero-order valence-electron chi connectivity index (χ0n) is 11.1. The molecule has 0 aliphatic heterocycles. The molecule has 4 nitrogen and oxygen atoms in total. The van der Waals surface area contributed by atoms with Gasteiger partial charge in [0.25, 0.3) is 0 Å². The second kappa shape index (κ2) is 6.86. The van der Waals surface area contributed by atoms with Crippen LogP contribution in [0.2, 0.25) is 0 Å². The van der Waals surface area contributed by atoms with Gasteiger partial charge in [0.1, 0.15) is 0 Å². The standard InChI is InChI=1S/C15H15N3OS/c1-11(19)13-5-2-6-14(8-13)18-15(20)17-10-12-4-3-7-16-9-12/h2-9H,10H2,1H3,(H2,17,18,20). The Morgan fingerprint density at radius 2 is 2.20 bits per heavy atom. The third-order valence-electron chi connectivity index (χ3n) is 2.66. The quantitative estimate of drug-likeness (QED) is 0.393. The van der Waals surface area contributed by atoms with Crippen molar-refractivity contribution in [1.29, 1.82) is 0 Å². The first-order valence-electron chi connectivity index (χ1n) is 6.16. The number of hydrogen-bond donors (Lipinski definition) is 2. The fraction of sp³-hybridized carbons (Fsp3) is 0.133. The second-order valence-electron chi connectivity index (χ2n) is 4.26. The van der Waals surface area contributed by atoms with Gasteiger partial charge in [-0.1, -0.05) is 18.2 Å². The van der Waals surface area contributed by atoms with E-state index in [1.165, 1.54) is 6.92 Å². The van der Waals surface area contributed by atoms with E-state index in [2.05, 4.69) is 27.9 Å². The van der Waals surface area contributed by atoms with E-state index in [1.54, 1.807) is 30.6 Å². The molecule has 0 aliphatic carbocycles. The summed E-state index contributed by atoms with van der Waals surface area (Å²) in [7, 11) is 0. The summed E-state index contributed by atoms with van der Waals surface area (Å²) >= 11 is 4.29. The van der Waals surface area contributed by atoms with Crippen molar-refractivity contribution in [2.24, 2.45) is 4.99 Å². The minimum atomic E-state index is 0.0195. The van der Waals surface area contributed by atoms with Crippen LogP contribution in [0.5, 0.6) is 0 Å². The van der Waals surface area contributed by atoms with Crippen molar-refractivity contribution >= 4 is 29.3 Å². The first-order chi connectivity index (χ1) is 9.65. The highest BCUT2D eigenvalue weighted by atomic mass is 32.1. The molecule has 1 aromatic heterocycles. The van der Waals surface area contributed by atoms with Crippen molar-refractivity contribution in [2.45, 2.75) is 13.5 Å². The van der Waals surface area contributed by atoms with Crippen LogP contribution in [0, 0.1) is 0 Å². The molecule has 0 atom stereocenters. The number of rotatable bonds is 4. The number of carbonyl (C=O) groups excluding carboxylic acids is 1. The molecule has 0 radical (unpaired) electrons. The van der Waals surface area contributed by atoms with E-state index in [0.29, 0.717) is 23.0 Å². The van der Waals surface area contributed by atoms with Crippen molar-refractivity contribution in [2.75, 3.05) is 0 Å². The number of thiol groups is 1. The topological polar surface area (TPSA) is 54.4 Å². The maximum atomic E-state index is 11.3. The molecule has 0 spiro atoms. The Labute approximate surface area is 123 Å². The predicted octanol–water partition coefficient (Wildman–Crippen LogP) is 2.99. The molecule has 0 aliphatic rings. The van der Waals surface area contributed by atoms with Gasteiger partial charge < -0.3 is 5.32 Å². The maximum absolute atomic E-state index is 11.3. The smallest absolute Gasteiger partial charge is 0.159 e. The lowest BCUT2D eigenvalue weighted by Crippen LogP contribution is -2.17. The molecule has 0 fully saturated rings. The van der Waals surface area contributed by atoms with Crippen LogP contribution >= 0.6 is 12.6 Å². The van der Waals surface area contributed by atoms with Gasteiger partial charge in [0.15, 0.2) is 11.0 Å². The summed E-state index contributed by atoms with van der Waals surface area (Å²) in [5.74, 6) is 0.0195. The molecule has 20 heavy (non-hydrogen) atoms. The normalized spacial score (nSPS) is 11.2. The molecule has 2 rings (SSSR count). The van der Waals surface area contributed by atoms with Gasteiger partial charge in [0.05, 0.1) is 5.69 Å². The van der Waals surface area contributed by atoms with Gasteiger partial charge in [-0.2, -0.15) is 0 Å². The fourth-order valence-electron chi connectivity index (χ4n) is 1.64. The lowest BCUT2D eigenvalue weighted by atomic mass is 10.1. The van der Waals surface area contributed by atoms with E-state index in [4.69, 9.17) is 0 Å². The number of carbonyl (C=O) groups is 1. The summed E-state index contributed by atoms with van der Waals surface area (Å²) in [5, 5.41) is 3.58. The van der Waals surface area contributed by atoms with Gasteiger partial charge in [-0.05, 0) is 30.7 Å². The number of amidine groups is 1. The summed E-state index contributed by atoms with van der Waals surface area (Å²) in [6.45, 7) is 2.13. The molecule has 1 heterocycles. The summed E-state index contributed by atoms with van der Waals surface area (Å²) in [4.78, 5) is 19.7. The highest BCUT2D eigenvalue weighted by Gasteiger charge is 2.00. The number of aromatic nitrogens is 1. The third kappa shape index (κ3) is 4.20. The largest absolute Gasteiger partial charge is 0.361 e. The average Bonchev–Trinajstić information content (AvgIpc) is 2.46. The molecule has 1 N–H and O–H groups in total. The van der Waals surface area contributed by atoms with Crippen LogP contribution in [0.3, 0.4) is 0 Å². The van der Waals surface area contributed by atoms with E-state index in [9.17, 15) is 4.79 Å². The Kier molecular flexibility index (Phi) is 4.90. The number of aliphatic imine (C=N–C) groups is 1. The van der Waals surface area contributed by atoms with Crippen LogP contribution in [-0.4, -0.2) is 15.9 Å². The van der Waals surface area contributed by atoms with Crippen molar-refractivity contribution in [1.82, 2.24) is 10.3 Å². The minimum Gasteiger partial charge on any atom is -0.361 e. The average molecular weight is 285 g/mol. The Morgan fingerprint density at radius 3 is 2.90 bits per heavy atom. The number of pyridine rings is 1.